The average Bonchev–Trinajstić information content (AvgIpc) is 2.67. The van der Waals surface area contributed by atoms with Gasteiger partial charge >= 0.3 is 5.97 Å². The Labute approximate surface area is 88.1 Å². The third kappa shape index (κ3) is 2.01. The molecule has 0 radical (unpaired) electrons. The summed E-state index contributed by atoms with van der Waals surface area (Å²) < 4.78 is 4.92. The van der Waals surface area contributed by atoms with Gasteiger partial charge in [-0.3, -0.25) is 4.79 Å². The molecule has 3 nitrogen and oxygen atoms in total. The first kappa shape index (κ1) is 9.77. The third-order valence-electron chi connectivity index (χ3n) is 2.33. The summed E-state index contributed by atoms with van der Waals surface area (Å²) in [6.45, 7) is 2.25. The molecule has 0 spiro atoms. The van der Waals surface area contributed by atoms with Crippen LogP contribution in [0.1, 0.15) is 12.5 Å². The normalized spacial score (nSPS) is 10.5. The Hall–Kier alpha value is -1.77. The Morgan fingerprint density at radius 2 is 2.27 bits per heavy atom. The predicted molar refractivity (Wildman–Crippen MR) is 58.6 cm³/mol. The molecule has 0 bridgehead atoms. The molecule has 1 aromatic carbocycles. The van der Waals surface area contributed by atoms with Crippen LogP contribution in [0.5, 0.6) is 0 Å². The molecule has 0 aliphatic rings. The number of esters is 1. The fourth-order valence-electron chi connectivity index (χ4n) is 1.67. The lowest BCUT2D eigenvalue weighted by Gasteiger charge is -2.03. The van der Waals surface area contributed by atoms with Crippen molar-refractivity contribution in [2.24, 2.45) is 0 Å². The Morgan fingerprint density at radius 3 is 3.07 bits per heavy atom. The van der Waals surface area contributed by atoms with Crippen LogP contribution in [0, 0.1) is 0 Å². The molecule has 0 aliphatic carbocycles. The minimum absolute atomic E-state index is 0.175. The first-order valence-electron chi connectivity index (χ1n) is 5.02. The number of aromatic nitrogens is 1. The number of ether oxygens (including phenoxy) is 1. The topological polar surface area (TPSA) is 42.1 Å². The van der Waals surface area contributed by atoms with E-state index in [1.807, 2.05) is 37.4 Å². The summed E-state index contributed by atoms with van der Waals surface area (Å²) in [5.74, 6) is -0.175. The molecule has 2 rings (SSSR count). The molecule has 1 N–H and O–H groups in total. The van der Waals surface area contributed by atoms with E-state index in [0.29, 0.717) is 13.0 Å². The van der Waals surface area contributed by atoms with Crippen LogP contribution in [0.15, 0.2) is 30.5 Å². The number of aromatic amines is 1. The molecule has 2 aromatic rings. The van der Waals surface area contributed by atoms with E-state index in [1.54, 1.807) is 0 Å². The Kier molecular flexibility index (Phi) is 2.72. The number of fused-ring (bicyclic) bond motifs is 1. The summed E-state index contributed by atoms with van der Waals surface area (Å²) in [7, 11) is 0. The van der Waals surface area contributed by atoms with Gasteiger partial charge in [-0.25, -0.2) is 0 Å². The summed E-state index contributed by atoms with van der Waals surface area (Å²) in [6, 6.07) is 7.86. The quantitative estimate of drug-likeness (QED) is 0.777. The zero-order valence-corrected chi connectivity index (χ0v) is 8.62. The number of H-pyrrole nitrogens is 1. The van der Waals surface area contributed by atoms with Crippen molar-refractivity contribution in [3.63, 3.8) is 0 Å². The fourth-order valence-corrected chi connectivity index (χ4v) is 1.67. The molecule has 0 unspecified atom stereocenters. The molecular formula is C12H13NO2. The van der Waals surface area contributed by atoms with E-state index >= 15 is 0 Å². The molecule has 1 aromatic heterocycles. The van der Waals surface area contributed by atoms with Crippen LogP contribution in [0.3, 0.4) is 0 Å². The van der Waals surface area contributed by atoms with Crippen molar-refractivity contribution in [1.82, 2.24) is 4.98 Å². The summed E-state index contributed by atoms with van der Waals surface area (Å²) in [4.78, 5) is 14.5. The monoisotopic (exact) mass is 203 g/mol. The summed E-state index contributed by atoms with van der Waals surface area (Å²) >= 11 is 0. The summed E-state index contributed by atoms with van der Waals surface area (Å²) in [5, 5.41) is 1.09. The molecule has 0 amide bonds. The van der Waals surface area contributed by atoms with Crippen LogP contribution >= 0.6 is 0 Å². The van der Waals surface area contributed by atoms with E-state index in [-0.39, 0.29) is 5.97 Å². The van der Waals surface area contributed by atoms with Crippen LogP contribution in [-0.2, 0) is 16.0 Å². The van der Waals surface area contributed by atoms with E-state index in [1.165, 1.54) is 0 Å². The number of hydrogen-bond donors (Lipinski definition) is 1. The molecule has 78 valence electrons. The van der Waals surface area contributed by atoms with Crippen molar-refractivity contribution in [1.29, 1.82) is 0 Å². The number of rotatable bonds is 3. The van der Waals surface area contributed by atoms with Crippen molar-refractivity contribution in [2.75, 3.05) is 6.61 Å². The average molecular weight is 203 g/mol. The second kappa shape index (κ2) is 4.17. The second-order valence-corrected chi connectivity index (χ2v) is 3.34. The van der Waals surface area contributed by atoms with Crippen molar-refractivity contribution >= 4 is 16.9 Å². The highest BCUT2D eigenvalue weighted by Gasteiger charge is 2.07. The van der Waals surface area contributed by atoms with E-state index in [0.717, 1.165) is 16.5 Å². The van der Waals surface area contributed by atoms with Gasteiger partial charge in [0, 0.05) is 17.1 Å². The highest BCUT2D eigenvalue weighted by molar-refractivity contribution is 5.86. The van der Waals surface area contributed by atoms with Crippen LogP contribution < -0.4 is 0 Å². The standard InChI is InChI=1S/C12H13NO2/c1-2-15-12(14)8-9-4-3-5-11-10(9)6-7-13-11/h3-7,13H,2,8H2,1H3. The molecule has 1 heterocycles. The molecule has 0 fully saturated rings. The van der Waals surface area contributed by atoms with Gasteiger partial charge in [-0.2, -0.15) is 0 Å². The zero-order valence-electron chi connectivity index (χ0n) is 8.62. The van der Waals surface area contributed by atoms with Crippen LogP contribution in [0.25, 0.3) is 10.9 Å². The van der Waals surface area contributed by atoms with Gasteiger partial charge in [-0.05, 0) is 24.6 Å². The molecule has 0 atom stereocenters. The van der Waals surface area contributed by atoms with Gasteiger partial charge in [-0.1, -0.05) is 12.1 Å². The number of hydrogen-bond acceptors (Lipinski definition) is 2. The van der Waals surface area contributed by atoms with Gasteiger partial charge in [0.1, 0.15) is 0 Å². The van der Waals surface area contributed by atoms with Gasteiger partial charge in [0.25, 0.3) is 0 Å². The van der Waals surface area contributed by atoms with Crippen LogP contribution in [0.4, 0.5) is 0 Å². The smallest absolute Gasteiger partial charge is 0.310 e. The largest absolute Gasteiger partial charge is 0.466 e. The van der Waals surface area contributed by atoms with E-state index in [9.17, 15) is 4.79 Å². The molecule has 0 saturated heterocycles. The Bertz CT molecular complexity index is 473. The lowest BCUT2D eigenvalue weighted by molar-refractivity contribution is -0.142. The van der Waals surface area contributed by atoms with Gasteiger partial charge < -0.3 is 9.72 Å². The summed E-state index contributed by atoms with van der Waals surface area (Å²) in [6.07, 6.45) is 2.21. The van der Waals surface area contributed by atoms with Crippen LogP contribution in [0.2, 0.25) is 0 Å². The second-order valence-electron chi connectivity index (χ2n) is 3.34. The van der Waals surface area contributed by atoms with E-state index in [4.69, 9.17) is 4.74 Å². The fraction of sp³-hybridized carbons (Fsp3) is 0.250. The first-order valence-corrected chi connectivity index (χ1v) is 5.02. The maximum Gasteiger partial charge on any atom is 0.310 e. The molecule has 15 heavy (non-hydrogen) atoms. The highest BCUT2D eigenvalue weighted by Crippen LogP contribution is 2.17. The Morgan fingerprint density at radius 1 is 1.40 bits per heavy atom. The number of carbonyl (C=O) groups is 1. The number of carbonyl (C=O) groups excluding carboxylic acids is 1. The lowest BCUT2D eigenvalue weighted by Crippen LogP contribution is -2.07. The number of nitrogens with one attached hydrogen (secondary N) is 1. The van der Waals surface area contributed by atoms with Crippen molar-refractivity contribution in [3.8, 4) is 0 Å². The third-order valence-corrected chi connectivity index (χ3v) is 2.33. The van der Waals surface area contributed by atoms with Gasteiger partial charge in [-0.15, -0.1) is 0 Å². The lowest BCUT2D eigenvalue weighted by atomic mass is 10.1. The first-order chi connectivity index (χ1) is 7.31. The predicted octanol–water partition coefficient (Wildman–Crippen LogP) is 2.27. The molecule has 3 heteroatoms. The maximum atomic E-state index is 11.3. The van der Waals surface area contributed by atoms with Gasteiger partial charge in [0.05, 0.1) is 13.0 Å². The van der Waals surface area contributed by atoms with E-state index < -0.39 is 0 Å². The molecular weight excluding hydrogens is 190 g/mol. The maximum absolute atomic E-state index is 11.3. The molecule has 0 aliphatic heterocycles. The van der Waals surface area contributed by atoms with Crippen molar-refractivity contribution in [3.05, 3.63) is 36.0 Å². The van der Waals surface area contributed by atoms with E-state index in [2.05, 4.69) is 4.98 Å². The number of benzene rings is 1. The Balaban J connectivity index is 2.27. The van der Waals surface area contributed by atoms with Crippen molar-refractivity contribution in [2.45, 2.75) is 13.3 Å². The zero-order chi connectivity index (χ0) is 10.7. The van der Waals surface area contributed by atoms with Crippen molar-refractivity contribution < 1.29 is 9.53 Å². The minimum Gasteiger partial charge on any atom is -0.466 e. The SMILES string of the molecule is CCOC(=O)Cc1cccc2[nH]ccc12. The van der Waals surface area contributed by atoms with Crippen LogP contribution in [-0.4, -0.2) is 17.6 Å². The minimum atomic E-state index is -0.175. The van der Waals surface area contributed by atoms with Gasteiger partial charge in [0.15, 0.2) is 0 Å². The summed E-state index contributed by atoms with van der Waals surface area (Å²) in [5.41, 5.74) is 2.06. The molecule has 0 saturated carbocycles. The highest BCUT2D eigenvalue weighted by atomic mass is 16.5. The van der Waals surface area contributed by atoms with Gasteiger partial charge in [0.2, 0.25) is 0 Å².